The van der Waals surface area contributed by atoms with Crippen LogP contribution in [0.4, 0.5) is 8.78 Å². The van der Waals surface area contributed by atoms with E-state index in [2.05, 4.69) is 9.98 Å². The van der Waals surface area contributed by atoms with Crippen molar-refractivity contribution in [2.75, 3.05) is 27.2 Å². The molecule has 44 heavy (non-hydrogen) atoms. The Bertz CT molecular complexity index is 1820. The summed E-state index contributed by atoms with van der Waals surface area (Å²) in [7, 11) is 3.13. The zero-order valence-corrected chi connectivity index (χ0v) is 23.3. The molecule has 0 atom stereocenters. The van der Waals surface area contributed by atoms with Gasteiger partial charge in [0.1, 0.15) is 17.4 Å². The number of benzene rings is 3. The van der Waals surface area contributed by atoms with Gasteiger partial charge in [0, 0.05) is 24.7 Å². The highest BCUT2D eigenvalue weighted by Gasteiger charge is 2.28. The minimum Gasteiger partial charge on any atom is -0.504 e. The molecule has 0 fully saturated rings. The normalized spacial score (nSPS) is 12.5. The predicted molar refractivity (Wildman–Crippen MR) is 154 cm³/mol. The molecule has 14 heteroatoms. The summed E-state index contributed by atoms with van der Waals surface area (Å²) in [6.45, 7) is 1.33. The number of nitrogen functional groups attached to an aromatic ring is 1. The fraction of sp³-hybridized carbons (Fsp3) is 0.133. The number of hydrogen-bond acceptors (Lipinski definition) is 10. The first-order valence-corrected chi connectivity index (χ1v) is 12.9. The number of rotatable bonds is 10. The van der Waals surface area contributed by atoms with Gasteiger partial charge in [-0.3, -0.25) is 10.4 Å². The molecular formula is C30H25F2N5O7. The van der Waals surface area contributed by atoms with Gasteiger partial charge in [0.25, 0.3) is 11.8 Å². The van der Waals surface area contributed by atoms with Crippen LogP contribution in [0, 0.1) is 17.0 Å². The van der Waals surface area contributed by atoms with Gasteiger partial charge >= 0.3 is 5.97 Å². The van der Waals surface area contributed by atoms with E-state index in [1.54, 1.807) is 18.2 Å². The highest BCUT2D eigenvalue weighted by molar-refractivity contribution is 6.00. The lowest BCUT2D eigenvalue weighted by atomic mass is 10.2. The van der Waals surface area contributed by atoms with Crippen LogP contribution >= 0.6 is 0 Å². The lowest BCUT2D eigenvalue weighted by Gasteiger charge is -2.17. The zero-order chi connectivity index (χ0) is 31.5. The van der Waals surface area contributed by atoms with E-state index >= 15 is 8.78 Å². The fourth-order valence-corrected chi connectivity index (χ4v) is 4.23. The number of aromatic nitrogens is 1. The van der Waals surface area contributed by atoms with Crippen LogP contribution in [0.1, 0.15) is 21.5 Å². The number of amidine groups is 2. The maximum Gasteiger partial charge on any atom is 0.335 e. The van der Waals surface area contributed by atoms with Gasteiger partial charge in [-0.25, -0.2) is 4.79 Å². The fourth-order valence-electron chi connectivity index (χ4n) is 4.23. The molecule has 3 aromatic carbocycles. The zero-order valence-electron chi connectivity index (χ0n) is 23.3. The second kappa shape index (κ2) is 12.1. The molecular weight excluding hydrogens is 580 g/mol. The molecule has 4 aromatic rings. The van der Waals surface area contributed by atoms with E-state index in [0.717, 1.165) is 18.7 Å². The molecule has 0 saturated carbocycles. The van der Waals surface area contributed by atoms with Crippen LogP contribution in [0.15, 0.2) is 65.7 Å². The first-order chi connectivity index (χ1) is 21.0. The number of aromatic carboxylic acids is 1. The number of ether oxygens (including phenoxy) is 4. The maximum atomic E-state index is 15.9. The number of methoxy groups -OCH3 is 1. The standard InChI is InChI=1S/C30H25F2N5O7/c1-37-11-10-35-27(37)16-4-3-5-18(12-16)42-28-23(31)25(43-22-14-17(30(39)40)7-9-20(22)41-2)24(32)29(36-28)44-21-13-15(26(33)34)6-8-19(21)38/h3-9,12-14,38H,10-11H2,1-2H3,(H3,33,34)(H,39,40). The van der Waals surface area contributed by atoms with Crippen molar-refractivity contribution in [2.45, 2.75) is 0 Å². The van der Waals surface area contributed by atoms with Crippen molar-refractivity contribution in [3.63, 3.8) is 0 Å². The van der Waals surface area contributed by atoms with E-state index in [0.29, 0.717) is 17.9 Å². The molecule has 1 aliphatic heterocycles. The molecule has 0 unspecified atom stereocenters. The third-order valence-corrected chi connectivity index (χ3v) is 6.44. The molecule has 2 heterocycles. The molecule has 0 aliphatic carbocycles. The van der Waals surface area contributed by atoms with E-state index in [9.17, 15) is 15.0 Å². The number of carboxylic acids is 1. The minimum absolute atomic E-state index is 0.0310. The van der Waals surface area contributed by atoms with E-state index in [1.165, 1.54) is 37.4 Å². The predicted octanol–water partition coefficient (Wildman–Crippen LogP) is 5.13. The molecule has 12 nitrogen and oxygen atoms in total. The first kappa shape index (κ1) is 29.6. The van der Waals surface area contributed by atoms with Gasteiger partial charge in [-0.05, 0) is 48.5 Å². The van der Waals surface area contributed by atoms with Crippen molar-refractivity contribution in [3.8, 4) is 46.3 Å². The molecule has 5 rings (SSSR count). The monoisotopic (exact) mass is 605 g/mol. The van der Waals surface area contributed by atoms with Gasteiger partial charge in [0.15, 0.2) is 23.0 Å². The van der Waals surface area contributed by atoms with Gasteiger partial charge in [-0.15, -0.1) is 0 Å². The number of nitrogens with zero attached hydrogens (tertiary/aromatic N) is 3. The maximum absolute atomic E-state index is 15.9. The summed E-state index contributed by atoms with van der Waals surface area (Å²) in [4.78, 5) is 21.8. The van der Waals surface area contributed by atoms with Crippen molar-refractivity contribution < 1.29 is 42.7 Å². The SMILES string of the molecule is COc1ccc(C(=O)O)cc1Oc1c(F)c(Oc2cccc(C3=NCCN3C)c2)nc(Oc2cc(C(=N)N)ccc2O)c1F. The van der Waals surface area contributed by atoms with Gasteiger partial charge < -0.3 is 39.8 Å². The summed E-state index contributed by atoms with van der Waals surface area (Å²) >= 11 is 0. The van der Waals surface area contributed by atoms with Gasteiger partial charge in [0.05, 0.1) is 19.2 Å². The number of likely N-dealkylation sites (N-methyl/N-ethyl adjacent to an activating group) is 1. The lowest BCUT2D eigenvalue weighted by Crippen LogP contribution is -2.23. The quantitative estimate of drug-likeness (QED) is 0.140. The summed E-state index contributed by atoms with van der Waals surface area (Å²) in [6.07, 6.45) is 0. The number of nitrogens with one attached hydrogen (secondary N) is 1. The van der Waals surface area contributed by atoms with E-state index < -0.39 is 40.9 Å². The highest BCUT2D eigenvalue weighted by atomic mass is 19.1. The summed E-state index contributed by atoms with van der Waals surface area (Å²) in [5.74, 6) is -7.62. The van der Waals surface area contributed by atoms with E-state index in [-0.39, 0.29) is 40.0 Å². The number of carboxylic acid groups (broad SMARTS) is 1. The Balaban J connectivity index is 1.62. The topological polar surface area (TPSA) is 173 Å². The third-order valence-electron chi connectivity index (χ3n) is 6.44. The minimum atomic E-state index is -1.46. The van der Waals surface area contributed by atoms with Gasteiger partial charge in [-0.1, -0.05) is 12.1 Å². The lowest BCUT2D eigenvalue weighted by molar-refractivity contribution is 0.0696. The van der Waals surface area contributed by atoms with Crippen molar-refractivity contribution >= 4 is 17.6 Å². The number of phenolic OH excluding ortho intramolecular Hbond substituents is 1. The highest BCUT2D eigenvalue weighted by Crippen LogP contribution is 2.43. The smallest absolute Gasteiger partial charge is 0.335 e. The Morgan fingerprint density at radius 2 is 1.66 bits per heavy atom. The van der Waals surface area contributed by atoms with Crippen LogP contribution in [0.3, 0.4) is 0 Å². The van der Waals surface area contributed by atoms with E-state index in [1.807, 2.05) is 11.9 Å². The van der Waals surface area contributed by atoms with Crippen LogP contribution in [0.5, 0.6) is 46.3 Å². The summed E-state index contributed by atoms with van der Waals surface area (Å²) in [6, 6.07) is 13.7. The second-order valence-electron chi connectivity index (χ2n) is 9.41. The number of phenols is 1. The number of hydrogen-bond donors (Lipinski definition) is 4. The van der Waals surface area contributed by atoms with Crippen molar-refractivity contribution in [2.24, 2.45) is 10.7 Å². The van der Waals surface area contributed by atoms with E-state index in [4.69, 9.17) is 30.1 Å². The van der Waals surface area contributed by atoms with Crippen LogP contribution in [0.25, 0.3) is 0 Å². The van der Waals surface area contributed by atoms with Crippen molar-refractivity contribution in [1.82, 2.24) is 9.88 Å². The molecule has 0 radical (unpaired) electrons. The number of aliphatic imine (C=N–C) groups is 1. The van der Waals surface area contributed by atoms with Crippen molar-refractivity contribution in [1.29, 1.82) is 5.41 Å². The molecule has 1 aliphatic rings. The molecule has 226 valence electrons. The first-order valence-electron chi connectivity index (χ1n) is 12.9. The summed E-state index contributed by atoms with van der Waals surface area (Å²) in [5.41, 5.74) is 6.10. The number of nitrogens with two attached hydrogens (primary N) is 1. The molecule has 0 spiro atoms. The molecule has 0 bridgehead atoms. The van der Waals surface area contributed by atoms with Crippen LogP contribution in [-0.4, -0.2) is 65.0 Å². The second-order valence-corrected chi connectivity index (χ2v) is 9.41. The number of carbonyl (C=O) groups is 1. The molecule has 0 amide bonds. The largest absolute Gasteiger partial charge is 0.504 e. The summed E-state index contributed by atoms with van der Waals surface area (Å²) in [5, 5.41) is 27.4. The third kappa shape index (κ3) is 5.99. The Hall–Kier alpha value is -5.92. The van der Waals surface area contributed by atoms with Crippen molar-refractivity contribution in [3.05, 3.63) is 89.0 Å². The number of halogens is 2. The van der Waals surface area contributed by atoms with Crippen LogP contribution in [0.2, 0.25) is 0 Å². The average Bonchev–Trinajstić information content (AvgIpc) is 3.44. The Morgan fingerprint density at radius 3 is 2.32 bits per heavy atom. The Kier molecular flexibility index (Phi) is 8.15. The Morgan fingerprint density at radius 1 is 0.955 bits per heavy atom. The molecule has 0 saturated heterocycles. The number of aromatic hydroxyl groups is 1. The Labute approximate surface area is 249 Å². The molecule has 1 aromatic heterocycles. The summed E-state index contributed by atoms with van der Waals surface area (Å²) < 4.78 is 53.8. The van der Waals surface area contributed by atoms with Crippen LogP contribution in [-0.2, 0) is 0 Å². The molecule has 5 N–H and O–H groups in total. The number of pyridine rings is 1. The van der Waals surface area contributed by atoms with Gasteiger partial charge in [-0.2, -0.15) is 13.8 Å². The van der Waals surface area contributed by atoms with Gasteiger partial charge in [0.2, 0.25) is 17.4 Å². The average molecular weight is 606 g/mol. The van der Waals surface area contributed by atoms with Crippen LogP contribution < -0.4 is 24.7 Å².